The van der Waals surface area contributed by atoms with E-state index in [-0.39, 0.29) is 6.10 Å². The number of anilines is 1. The molecule has 2 fully saturated rings. The van der Waals surface area contributed by atoms with Crippen LogP contribution in [-0.2, 0) is 0 Å². The number of benzene rings is 1. The van der Waals surface area contributed by atoms with Crippen LogP contribution in [0.3, 0.4) is 0 Å². The maximum atomic E-state index is 9.81. The number of piperazine rings is 1. The molecule has 0 aromatic heterocycles. The SMILES string of the molecule is CCC(O)c1ccc(N2CCN(C3CC3)CC2)cc1. The summed E-state index contributed by atoms with van der Waals surface area (Å²) in [5, 5.41) is 9.81. The minimum atomic E-state index is -0.319. The largest absolute Gasteiger partial charge is 0.388 e. The summed E-state index contributed by atoms with van der Waals surface area (Å²) in [6, 6.07) is 9.33. The third-order valence-corrected chi connectivity index (χ3v) is 4.41. The van der Waals surface area contributed by atoms with E-state index < -0.39 is 0 Å². The highest BCUT2D eigenvalue weighted by molar-refractivity contribution is 5.48. The van der Waals surface area contributed by atoms with E-state index in [0.717, 1.165) is 31.1 Å². The number of aliphatic hydroxyl groups excluding tert-OH is 1. The lowest BCUT2D eigenvalue weighted by Crippen LogP contribution is -2.47. The Morgan fingerprint density at radius 1 is 1.11 bits per heavy atom. The molecule has 19 heavy (non-hydrogen) atoms. The van der Waals surface area contributed by atoms with Crippen LogP contribution in [0.25, 0.3) is 0 Å². The third kappa shape index (κ3) is 2.93. The summed E-state index contributed by atoms with van der Waals surface area (Å²) in [5.41, 5.74) is 2.32. The molecule has 1 atom stereocenters. The molecule has 0 radical (unpaired) electrons. The second-order valence-electron chi connectivity index (χ2n) is 5.77. The van der Waals surface area contributed by atoms with Crippen LogP contribution in [0, 0.1) is 0 Å². The first-order valence-corrected chi connectivity index (χ1v) is 7.55. The molecule has 3 rings (SSSR count). The Bertz CT molecular complexity index is 405. The quantitative estimate of drug-likeness (QED) is 0.900. The van der Waals surface area contributed by atoms with E-state index in [4.69, 9.17) is 0 Å². The van der Waals surface area contributed by atoms with Gasteiger partial charge in [0.25, 0.3) is 0 Å². The molecular formula is C16H24N2O. The van der Waals surface area contributed by atoms with E-state index in [1.165, 1.54) is 31.6 Å². The summed E-state index contributed by atoms with van der Waals surface area (Å²) in [7, 11) is 0. The van der Waals surface area contributed by atoms with Crippen molar-refractivity contribution in [2.24, 2.45) is 0 Å². The number of aliphatic hydroxyl groups is 1. The molecule has 0 bridgehead atoms. The summed E-state index contributed by atoms with van der Waals surface area (Å²) in [4.78, 5) is 5.09. The molecule has 1 aromatic rings. The van der Waals surface area contributed by atoms with Gasteiger partial charge >= 0.3 is 0 Å². The molecule has 0 spiro atoms. The van der Waals surface area contributed by atoms with Crippen molar-refractivity contribution < 1.29 is 5.11 Å². The summed E-state index contributed by atoms with van der Waals surface area (Å²) >= 11 is 0. The van der Waals surface area contributed by atoms with Gasteiger partial charge in [0.05, 0.1) is 6.10 Å². The molecule has 0 amide bonds. The van der Waals surface area contributed by atoms with Crippen LogP contribution >= 0.6 is 0 Å². The molecule has 1 heterocycles. The highest BCUT2D eigenvalue weighted by Crippen LogP contribution is 2.28. The lowest BCUT2D eigenvalue weighted by atomic mass is 10.1. The normalized spacial score (nSPS) is 22.5. The summed E-state index contributed by atoms with van der Waals surface area (Å²) in [6.45, 7) is 6.67. The van der Waals surface area contributed by atoms with Gasteiger partial charge in [-0.15, -0.1) is 0 Å². The van der Waals surface area contributed by atoms with Gasteiger partial charge in [-0.3, -0.25) is 4.90 Å². The smallest absolute Gasteiger partial charge is 0.0787 e. The molecule has 1 aromatic carbocycles. The predicted octanol–water partition coefficient (Wildman–Crippen LogP) is 2.41. The van der Waals surface area contributed by atoms with Gasteiger partial charge in [0.1, 0.15) is 0 Å². The zero-order chi connectivity index (χ0) is 13.2. The summed E-state index contributed by atoms with van der Waals surface area (Å²) in [6.07, 6.45) is 3.27. The lowest BCUT2D eigenvalue weighted by Gasteiger charge is -2.36. The van der Waals surface area contributed by atoms with Crippen molar-refractivity contribution in [1.82, 2.24) is 4.90 Å². The van der Waals surface area contributed by atoms with Crippen LogP contribution in [0.2, 0.25) is 0 Å². The van der Waals surface area contributed by atoms with E-state index in [1.54, 1.807) is 0 Å². The Kier molecular flexibility index (Phi) is 3.76. The van der Waals surface area contributed by atoms with E-state index in [9.17, 15) is 5.11 Å². The minimum absolute atomic E-state index is 0.319. The third-order valence-electron chi connectivity index (χ3n) is 4.41. The lowest BCUT2D eigenvalue weighted by molar-refractivity contribution is 0.173. The predicted molar refractivity (Wildman–Crippen MR) is 78.5 cm³/mol. The average molecular weight is 260 g/mol. The molecule has 104 valence electrons. The fourth-order valence-corrected chi connectivity index (χ4v) is 2.93. The first-order chi connectivity index (χ1) is 9.28. The molecule has 1 saturated carbocycles. The second-order valence-corrected chi connectivity index (χ2v) is 5.77. The van der Waals surface area contributed by atoms with Crippen molar-refractivity contribution in [3.63, 3.8) is 0 Å². The maximum absolute atomic E-state index is 9.81. The molecule has 1 aliphatic carbocycles. The molecule has 3 heteroatoms. The zero-order valence-electron chi connectivity index (χ0n) is 11.8. The average Bonchev–Trinajstić information content (AvgIpc) is 3.31. The second kappa shape index (κ2) is 5.51. The van der Waals surface area contributed by atoms with Gasteiger partial charge in [0, 0.05) is 37.9 Å². The molecule has 1 saturated heterocycles. The van der Waals surface area contributed by atoms with Crippen LogP contribution < -0.4 is 4.90 Å². The number of hydrogen-bond donors (Lipinski definition) is 1. The van der Waals surface area contributed by atoms with E-state index >= 15 is 0 Å². The van der Waals surface area contributed by atoms with Gasteiger partial charge < -0.3 is 10.0 Å². The Morgan fingerprint density at radius 2 is 1.74 bits per heavy atom. The van der Waals surface area contributed by atoms with Crippen molar-refractivity contribution in [1.29, 1.82) is 0 Å². The summed E-state index contributed by atoms with van der Waals surface area (Å²) in [5.74, 6) is 0. The van der Waals surface area contributed by atoms with Crippen LogP contribution in [-0.4, -0.2) is 42.2 Å². The van der Waals surface area contributed by atoms with Crippen molar-refractivity contribution in [3.8, 4) is 0 Å². The Labute approximate surface area is 115 Å². The molecule has 3 nitrogen and oxygen atoms in total. The van der Waals surface area contributed by atoms with Crippen molar-refractivity contribution in [3.05, 3.63) is 29.8 Å². The van der Waals surface area contributed by atoms with E-state index in [1.807, 2.05) is 6.92 Å². The van der Waals surface area contributed by atoms with Gasteiger partial charge in [0.15, 0.2) is 0 Å². The van der Waals surface area contributed by atoms with Crippen molar-refractivity contribution in [2.45, 2.75) is 38.3 Å². The monoisotopic (exact) mass is 260 g/mol. The zero-order valence-corrected chi connectivity index (χ0v) is 11.8. The van der Waals surface area contributed by atoms with E-state index in [2.05, 4.69) is 34.1 Å². The standard InChI is InChI=1S/C16H24N2O/c1-2-16(19)13-3-5-14(6-4-13)17-9-11-18(12-10-17)15-7-8-15/h3-6,15-16,19H,2,7-12H2,1H3. The Balaban J connectivity index is 1.60. The molecular weight excluding hydrogens is 236 g/mol. The summed E-state index contributed by atoms with van der Waals surface area (Å²) < 4.78 is 0. The first-order valence-electron chi connectivity index (χ1n) is 7.55. The van der Waals surface area contributed by atoms with Gasteiger partial charge in [-0.25, -0.2) is 0 Å². The Hall–Kier alpha value is -1.06. The Morgan fingerprint density at radius 3 is 2.26 bits per heavy atom. The van der Waals surface area contributed by atoms with Crippen LogP contribution in [0.15, 0.2) is 24.3 Å². The molecule has 2 aliphatic rings. The van der Waals surface area contributed by atoms with Gasteiger partial charge in [0.2, 0.25) is 0 Å². The molecule has 1 N–H and O–H groups in total. The van der Waals surface area contributed by atoms with Crippen molar-refractivity contribution in [2.75, 3.05) is 31.1 Å². The highest BCUT2D eigenvalue weighted by atomic mass is 16.3. The fourth-order valence-electron chi connectivity index (χ4n) is 2.93. The molecule has 1 aliphatic heterocycles. The van der Waals surface area contributed by atoms with Gasteiger partial charge in [-0.05, 0) is 37.0 Å². The maximum Gasteiger partial charge on any atom is 0.0787 e. The van der Waals surface area contributed by atoms with Crippen LogP contribution in [0.1, 0.15) is 37.9 Å². The fraction of sp³-hybridized carbons (Fsp3) is 0.625. The number of hydrogen-bond acceptors (Lipinski definition) is 3. The minimum Gasteiger partial charge on any atom is -0.388 e. The van der Waals surface area contributed by atoms with Crippen LogP contribution in [0.5, 0.6) is 0 Å². The topological polar surface area (TPSA) is 26.7 Å². The van der Waals surface area contributed by atoms with E-state index in [0.29, 0.717) is 0 Å². The van der Waals surface area contributed by atoms with Crippen LogP contribution in [0.4, 0.5) is 5.69 Å². The number of nitrogens with zero attached hydrogens (tertiary/aromatic N) is 2. The number of rotatable bonds is 4. The van der Waals surface area contributed by atoms with Crippen molar-refractivity contribution >= 4 is 5.69 Å². The highest BCUT2D eigenvalue weighted by Gasteiger charge is 2.31. The molecule has 1 unspecified atom stereocenters. The van der Waals surface area contributed by atoms with Gasteiger partial charge in [-0.2, -0.15) is 0 Å². The van der Waals surface area contributed by atoms with Gasteiger partial charge in [-0.1, -0.05) is 19.1 Å². The first kappa shape index (κ1) is 12.9.